The topological polar surface area (TPSA) is 79.8 Å². The molecule has 6 heteroatoms. The van der Waals surface area contributed by atoms with E-state index < -0.39 is 5.41 Å². The lowest BCUT2D eigenvalue weighted by atomic mass is 9.93. The Morgan fingerprint density at radius 1 is 1.27 bits per heavy atom. The van der Waals surface area contributed by atoms with Crippen LogP contribution in [0.2, 0.25) is 0 Å². The number of fused-ring (bicyclic) bond motifs is 2. The average Bonchev–Trinajstić information content (AvgIpc) is 3.16. The van der Waals surface area contributed by atoms with Gasteiger partial charge in [-0.3, -0.25) is 4.79 Å². The number of benzene rings is 1. The molecule has 0 bridgehead atoms. The Morgan fingerprint density at radius 3 is 2.92 bits per heavy atom. The van der Waals surface area contributed by atoms with E-state index in [-0.39, 0.29) is 25.3 Å². The van der Waals surface area contributed by atoms with Gasteiger partial charge < -0.3 is 25.2 Å². The number of carbonyl (C=O) groups excluding carboxylic acids is 1. The van der Waals surface area contributed by atoms with E-state index in [4.69, 9.17) is 9.47 Å². The van der Waals surface area contributed by atoms with Crippen molar-refractivity contribution in [1.29, 1.82) is 0 Å². The minimum Gasteiger partial charge on any atom is -0.454 e. The molecule has 26 heavy (non-hydrogen) atoms. The molecule has 0 spiro atoms. The van der Waals surface area contributed by atoms with Crippen molar-refractivity contribution in [1.82, 2.24) is 10.6 Å². The Morgan fingerprint density at radius 2 is 2.12 bits per heavy atom. The zero-order valence-electron chi connectivity index (χ0n) is 14.2. The van der Waals surface area contributed by atoms with Crippen LogP contribution in [0.5, 0.6) is 11.5 Å². The Bertz CT molecular complexity index is 880. The maximum atomic E-state index is 13.0. The molecule has 1 aromatic carbocycles. The molecule has 1 saturated carbocycles. The SMILES string of the molecule is O=C(NC1=CCC2NC(CO)=CC2=C1)C1(c2ccc3c(c2)OCO3)CC1. The van der Waals surface area contributed by atoms with Gasteiger partial charge in [0.25, 0.3) is 0 Å². The third-order valence-corrected chi connectivity index (χ3v) is 5.54. The van der Waals surface area contributed by atoms with Crippen molar-refractivity contribution in [2.24, 2.45) is 0 Å². The molecule has 6 nitrogen and oxygen atoms in total. The second-order valence-corrected chi connectivity index (χ2v) is 7.17. The number of nitrogens with one attached hydrogen (secondary N) is 2. The molecular formula is C20H20N2O4. The van der Waals surface area contributed by atoms with E-state index in [1.807, 2.05) is 36.4 Å². The maximum absolute atomic E-state index is 13.0. The number of amides is 1. The number of aliphatic hydroxyl groups excluding tert-OH is 1. The predicted octanol–water partition coefficient (Wildman–Crippen LogP) is 1.63. The molecule has 1 unspecified atom stereocenters. The molecule has 0 saturated heterocycles. The lowest BCUT2D eigenvalue weighted by Gasteiger charge is -2.21. The van der Waals surface area contributed by atoms with Gasteiger partial charge in [-0.25, -0.2) is 0 Å². The summed E-state index contributed by atoms with van der Waals surface area (Å²) < 4.78 is 10.8. The smallest absolute Gasteiger partial charge is 0.235 e. The molecule has 0 radical (unpaired) electrons. The lowest BCUT2D eigenvalue weighted by Crippen LogP contribution is -2.35. The molecule has 4 aliphatic rings. The Hall–Kier alpha value is -2.73. The molecule has 5 rings (SSSR count). The van der Waals surface area contributed by atoms with Crippen molar-refractivity contribution in [3.63, 3.8) is 0 Å². The molecule has 1 atom stereocenters. The van der Waals surface area contributed by atoms with Crippen LogP contribution in [0.15, 0.2) is 53.4 Å². The third-order valence-electron chi connectivity index (χ3n) is 5.54. The van der Waals surface area contributed by atoms with Gasteiger partial charge in [0.15, 0.2) is 11.5 Å². The van der Waals surface area contributed by atoms with Crippen molar-refractivity contribution in [3.05, 3.63) is 59.0 Å². The highest BCUT2D eigenvalue weighted by Crippen LogP contribution is 2.50. The molecule has 134 valence electrons. The van der Waals surface area contributed by atoms with E-state index in [1.165, 1.54) is 0 Å². The lowest BCUT2D eigenvalue weighted by molar-refractivity contribution is -0.122. The van der Waals surface area contributed by atoms with Crippen LogP contribution in [0.4, 0.5) is 0 Å². The van der Waals surface area contributed by atoms with Gasteiger partial charge >= 0.3 is 0 Å². The first-order chi connectivity index (χ1) is 12.7. The standard InChI is InChI=1S/C20H20N2O4/c23-10-15-8-12-7-14(2-3-16(12)21-15)22-19(24)20(5-6-20)13-1-4-17-18(9-13)26-11-25-17/h1-2,4,7-9,16,21,23H,3,5-6,10-11H2,(H,22,24). The van der Waals surface area contributed by atoms with Gasteiger partial charge in [-0.05, 0) is 54.7 Å². The Labute approximate surface area is 151 Å². The van der Waals surface area contributed by atoms with Crippen molar-refractivity contribution in [2.75, 3.05) is 13.4 Å². The van der Waals surface area contributed by atoms with Crippen LogP contribution in [-0.4, -0.2) is 30.5 Å². The largest absolute Gasteiger partial charge is 0.454 e. The summed E-state index contributed by atoms with van der Waals surface area (Å²) in [6, 6.07) is 5.96. The van der Waals surface area contributed by atoms with Gasteiger partial charge in [0.1, 0.15) is 0 Å². The molecule has 2 aliphatic carbocycles. The zero-order chi connectivity index (χ0) is 17.7. The van der Waals surface area contributed by atoms with Crippen LogP contribution in [-0.2, 0) is 10.2 Å². The van der Waals surface area contributed by atoms with E-state index in [1.54, 1.807) is 0 Å². The Kier molecular flexibility index (Phi) is 3.37. The van der Waals surface area contributed by atoms with Crippen molar-refractivity contribution in [3.8, 4) is 11.5 Å². The van der Waals surface area contributed by atoms with Crippen LogP contribution in [0.25, 0.3) is 0 Å². The number of hydrogen-bond acceptors (Lipinski definition) is 5. The fraction of sp³-hybridized carbons (Fsp3) is 0.350. The van der Waals surface area contributed by atoms with Gasteiger partial charge in [-0.2, -0.15) is 0 Å². The van der Waals surface area contributed by atoms with Crippen LogP contribution in [0.3, 0.4) is 0 Å². The summed E-state index contributed by atoms with van der Waals surface area (Å²) >= 11 is 0. The number of allylic oxidation sites excluding steroid dienone is 1. The van der Waals surface area contributed by atoms with Crippen LogP contribution in [0.1, 0.15) is 24.8 Å². The summed E-state index contributed by atoms with van der Waals surface area (Å²) in [6.45, 7) is 0.236. The second kappa shape index (κ2) is 5.64. The minimum atomic E-state index is -0.475. The summed E-state index contributed by atoms with van der Waals surface area (Å²) in [5.41, 5.74) is 3.25. The highest BCUT2D eigenvalue weighted by atomic mass is 16.7. The van der Waals surface area contributed by atoms with E-state index in [0.717, 1.165) is 47.5 Å². The van der Waals surface area contributed by atoms with E-state index in [2.05, 4.69) is 10.6 Å². The summed E-state index contributed by atoms with van der Waals surface area (Å²) in [5, 5.41) is 15.6. The van der Waals surface area contributed by atoms with E-state index in [9.17, 15) is 9.90 Å². The molecule has 2 heterocycles. The maximum Gasteiger partial charge on any atom is 0.235 e. The van der Waals surface area contributed by atoms with Gasteiger partial charge in [0.2, 0.25) is 12.7 Å². The fourth-order valence-electron chi connectivity index (χ4n) is 3.87. The van der Waals surface area contributed by atoms with Crippen LogP contribution >= 0.6 is 0 Å². The average molecular weight is 352 g/mol. The Balaban J connectivity index is 1.35. The van der Waals surface area contributed by atoms with Gasteiger partial charge in [-0.1, -0.05) is 12.1 Å². The first-order valence-electron chi connectivity index (χ1n) is 8.89. The molecule has 1 aromatic rings. The highest BCUT2D eigenvalue weighted by Gasteiger charge is 2.51. The first-order valence-corrected chi connectivity index (χ1v) is 8.89. The summed E-state index contributed by atoms with van der Waals surface area (Å²) in [6.07, 6.45) is 8.43. The van der Waals surface area contributed by atoms with E-state index >= 15 is 0 Å². The number of aliphatic hydroxyl groups is 1. The van der Waals surface area contributed by atoms with Gasteiger partial charge in [0, 0.05) is 11.4 Å². The molecule has 1 fully saturated rings. The van der Waals surface area contributed by atoms with Crippen molar-refractivity contribution >= 4 is 5.91 Å². The normalized spacial score (nSPS) is 24.0. The molecular weight excluding hydrogens is 332 g/mol. The highest BCUT2D eigenvalue weighted by molar-refractivity contribution is 5.93. The van der Waals surface area contributed by atoms with Crippen molar-refractivity contribution < 1.29 is 19.4 Å². The minimum absolute atomic E-state index is 0.00274. The summed E-state index contributed by atoms with van der Waals surface area (Å²) in [4.78, 5) is 13.0. The number of rotatable bonds is 4. The molecule has 2 aliphatic heterocycles. The first kappa shape index (κ1) is 15.5. The van der Waals surface area contributed by atoms with E-state index in [0.29, 0.717) is 5.75 Å². The summed E-state index contributed by atoms with van der Waals surface area (Å²) in [7, 11) is 0. The van der Waals surface area contributed by atoms with Gasteiger partial charge in [-0.15, -0.1) is 0 Å². The number of carbonyl (C=O) groups is 1. The van der Waals surface area contributed by atoms with Crippen molar-refractivity contribution in [2.45, 2.75) is 30.7 Å². The molecule has 0 aromatic heterocycles. The van der Waals surface area contributed by atoms with Gasteiger partial charge in [0.05, 0.1) is 18.1 Å². The zero-order valence-corrected chi connectivity index (χ0v) is 14.2. The predicted molar refractivity (Wildman–Crippen MR) is 94.5 cm³/mol. The van der Waals surface area contributed by atoms with Crippen LogP contribution in [0, 0.1) is 0 Å². The third kappa shape index (κ3) is 2.41. The molecule has 3 N–H and O–H groups in total. The number of ether oxygens (including phenoxy) is 2. The second-order valence-electron chi connectivity index (χ2n) is 7.17. The summed E-state index contributed by atoms with van der Waals surface area (Å²) in [5.74, 6) is 1.47. The molecule has 1 amide bonds. The fourth-order valence-corrected chi connectivity index (χ4v) is 3.87. The monoisotopic (exact) mass is 352 g/mol. The number of hydrogen-bond donors (Lipinski definition) is 3. The quantitative estimate of drug-likeness (QED) is 0.767. The van der Waals surface area contributed by atoms with Crippen LogP contribution < -0.4 is 20.1 Å².